The highest BCUT2D eigenvalue weighted by atomic mass is 35.5. The van der Waals surface area contributed by atoms with Gasteiger partial charge in [-0.25, -0.2) is 0 Å². The van der Waals surface area contributed by atoms with Crippen LogP contribution in [-0.2, 0) is 13.6 Å². The second kappa shape index (κ2) is 10.8. The quantitative estimate of drug-likeness (QED) is 0.686. The molecule has 0 N–H and O–H groups in total. The summed E-state index contributed by atoms with van der Waals surface area (Å²) in [4.78, 5) is 21.7. The lowest BCUT2D eigenvalue weighted by atomic mass is 10.1. The first-order valence-corrected chi connectivity index (χ1v) is 9.51. The summed E-state index contributed by atoms with van der Waals surface area (Å²) in [6, 6.07) is 3.04. The maximum absolute atomic E-state index is 11.2. The highest BCUT2D eigenvalue weighted by molar-refractivity contribution is 7.11. The lowest BCUT2D eigenvalue weighted by Crippen LogP contribution is -2.11. The van der Waals surface area contributed by atoms with Crippen LogP contribution in [0.3, 0.4) is 0 Å². The van der Waals surface area contributed by atoms with Crippen molar-refractivity contribution in [2.24, 2.45) is 7.05 Å². The van der Waals surface area contributed by atoms with Crippen LogP contribution in [0.15, 0.2) is 27.1 Å². The fourth-order valence-corrected chi connectivity index (χ4v) is 3.57. The lowest BCUT2D eigenvalue weighted by molar-refractivity contribution is 0.569. The third-order valence-corrected chi connectivity index (χ3v) is 5.07. The van der Waals surface area contributed by atoms with E-state index >= 15 is 0 Å². The van der Waals surface area contributed by atoms with Gasteiger partial charge in [0.2, 0.25) is 0 Å². The molecular formula is C15H23ClN2O2S2. The van der Waals surface area contributed by atoms with E-state index in [1.165, 1.54) is 65.2 Å². The Balaban J connectivity index is 0.000000255. The van der Waals surface area contributed by atoms with Gasteiger partial charge in [-0.15, -0.1) is 0 Å². The van der Waals surface area contributed by atoms with Gasteiger partial charge in [0.15, 0.2) is 0 Å². The van der Waals surface area contributed by atoms with Crippen molar-refractivity contribution in [3.63, 3.8) is 0 Å². The summed E-state index contributed by atoms with van der Waals surface area (Å²) in [6.45, 7) is 3.13. The van der Waals surface area contributed by atoms with Crippen LogP contribution in [0.2, 0.25) is 4.34 Å². The van der Waals surface area contributed by atoms with Crippen LogP contribution in [0.1, 0.15) is 45.4 Å². The number of hydrogen-bond donors (Lipinski definition) is 0. The van der Waals surface area contributed by atoms with Crippen LogP contribution in [0.5, 0.6) is 0 Å². The average molecular weight is 363 g/mol. The first-order chi connectivity index (χ1) is 10.5. The Morgan fingerprint density at radius 2 is 1.77 bits per heavy atom. The van der Waals surface area contributed by atoms with Crippen LogP contribution >= 0.6 is 34.7 Å². The zero-order valence-corrected chi connectivity index (χ0v) is 15.5. The smallest absolute Gasteiger partial charge is 0.261 e. The Bertz CT molecular complexity index is 642. The van der Waals surface area contributed by atoms with E-state index in [0.29, 0.717) is 4.34 Å². The largest absolute Gasteiger partial charge is 0.268 e. The molecule has 0 aromatic carbocycles. The second-order valence-electron chi connectivity index (χ2n) is 4.99. The van der Waals surface area contributed by atoms with E-state index in [9.17, 15) is 9.59 Å². The van der Waals surface area contributed by atoms with Gasteiger partial charge in [-0.1, -0.05) is 62.2 Å². The van der Waals surface area contributed by atoms with Crippen molar-refractivity contribution in [2.75, 3.05) is 0 Å². The van der Waals surface area contributed by atoms with E-state index in [2.05, 4.69) is 6.92 Å². The molecule has 2 aromatic heterocycles. The summed E-state index contributed by atoms with van der Waals surface area (Å²) in [5.41, 5.74) is 0.114. The van der Waals surface area contributed by atoms with Crippen LogP contribution in [-0.4, -0.2) is 7.91 Å². The standard InChI is InChI=1S/C11H19NOS.C4H4ClNOS/c1-2-3-4-5-6-7-9-12-11(13)8-10-14-12;1-6-4(7)2-3(5)8-6/h8,10H,2-7,9H2,1H3;2H,1H3. The van der Waals surface area contributed by atoms with Crippen LogP contribution in [0.25, 0.3) is 0 Å². The van der Waals surface area contributed by atoms with E-state index in [4.69, 9.17) is 11.6 Å². The Morgan fingerprint density at radius 1 is 1.09 bits per heavy atom. The predicted molar refractivity (Wildman–Crippen MR) is 96.5 cm³/mol. The van der Waals surface area contributed by atoms with Gasteiger partial charge >= 0.3 is 0 Å². The van der Waals surface area contributed by atoms with Crippen molar-refractivity contribution in [1.29, 1.82) is 0 Å². The molecule has 0 aliphatic carbocycles. The second-order valence-corrected chi connectivity index (χ2v) is 7.72. The highest BCUT2D eigenvalue weighted by Crippen LogP contribution is 2.09. The molecule has 2 heterocycles. The van der Waals surface area contributed by atoms with Crippen molar-refractivity contribution >= 4 is 34.7 Å². The van der Waals surface area contributed by atoms with Crippen LogP contribution in [0.4, 0.5) is 0 Å². The zero-order chi connectivity index (χ0) is 16.4. The summed E-state index contributed by atoms with van der Waals surface area (Å²) in [5.74, 6) is 0. The molecule has 0 fully saturated rings. The Hall–Kier alpha value is -0.850. The van der Waals surface area contributed by atoms with Gasteiger partial charge in [-0.05, 0) is 18.0 Å². The minimum atomic E-state index is -0.0417. The predicted octanol–water partition coefficient (Wildman–Crippen LogP) is 4.37. The molecule has 0 saturated heterocycles. The molecule has 0 unspecified atom stereocenters. The number of unbranched alkanes of at least 4 members (excludes halogenated alkanes) is 5. The number of aryl methyl sites for hydroxylation is 2. The van der Waals surface area contributed by atoms with E-state index < -0.39 is 0 Å². The molecule has 0 aliphatic rings. The van der Waals surface area contributed by atoms with Gasteiger partial charge in [0.05, 0.1) is 0 Å². The fourth-order valence-electron chi connectivity index (χ4n) is 1.89. The van der Waals surface area contributed by atoms with E-state index in [0.717, 1.165) is 13.0 Å². The molecule has 2 rings (SSSR count). The summed E-state index contributed by atoms with van der Waals surface area (Å²) >= 11 is 8.22. The van der Waals surface area contributed by atoms with Gasteiger partial charge in [-0.3, -0.25) is 17.5 Å². The van der Waals surface area contributed by atoms with Crippen LogP contribution in [0, 0.1) is 0 Å². The maximum Gasteiger partial charge on any atom is 0.261 e. The van der Waals surface area contributed by atoms with Gasteiger partial charge in [0.25, 0.3) is 11.1 Å². The molecule has 7 heteroatoms. The monoisotopic (exact) mass is 362 g/mol. The molecule has 2 aromatic rings. The fraction of sp³-hybridized carbons (Fsp3) is 0.600. The summed E-state index contributed by atoms with van der Waals surface area (Å²) in [5, 5.41) is 1.86. The topological polar surface area (TPSA) is 44.0 Å². The molecule has 124 valence electrons. The van der Waals surface area contributed by atoms with Gasteiger partial charge in [0.1, 0.15) is 4.34 Å². The molecular weight excluding hydrogens is 340 g/mol. The number of rotatable bonds is 7. The number of hydrogen-bond acceptors (Lipinski definition) is 4. The molecule has 22 heavy (non-hydrogen) atoms. The lowest BCUT2D eigenvalue weighted by Gasteiger charge is -2.00. The molecule has 0 radical (unpaired) electrons. The van der Waals surface area contributed by atoms with Crippen LogP contribution < -0.4 is 11.1 Å². The van der Waals surface area contributed by atoms with Gasteiger partial charge in [0, 0.05) is 31.1 Å². The first kappa shape index (κ1) is 19.2. The van der Waals surface area contributed by atoms with Gasteiger partial charge in [-0.2, -0.15) is 0 Å². The normalized spacial score (nSPS) is 10.3. The molecule has 0 spiro atoms. The molecule has 0 bridgehead atoms. The van der Waals surface area contributed by atoms with E-state index in [1.807, 2.05) is 9.34 Å². The minimum absolute atomic E-state index is 0.0417. The minimum Gasteiger partial charge on any atom is -0.268 e. The Labute approximate surface area is 144 Å². The van der Waals surface area contributed by atoms with Crippen molar-refractivity contribution in [2.45, 2.75) is 52.0 Å². The Morgan fingerprint density at radius 3 is 2.23 bits per heavy atom. The Kier molecular flexibility index (Phi) is 9.43. The number of aromatic nitrogens is 2. The van der Waals surface area contributed by atoms with Crippen molar-refractivity contribution in [3.8, 4) is 0 Å². The third-order valence-electron chi connectivity index (χ3n) is 3.13. The summed E-state index contributed by atoms with van der Waals surface area (Å²) in [6.07, 6.45) is 7.70. The first-order valence-electron chi connectivity index (χ1n) is 7.52. The summed E-state index contributed by atoms with van der Waals surface area (Å²) in [7, 11) is 1.68. The SMILES string of the molecule is CCCCCCCCn1sccc1=O.Cn1sc(Cl)cc1=O. The molecule has 4 nitrogen and oxygen atoms in total. The van der Waals surface area contributed by atoms with Crippen molar-refractivity contribution in [1.82, 2.24) is 7.91 Å². The zero-order valence-electron chi connectivity index (χ0n) is 13.1. The number of halogens is 1. The molecule has 0 atom stereocenters. The summed E-state index contributed by atoms with van der Waals surface area (Å²) < 4.78 is 3.85. The van der Waals surface area contributed by atoms with Gasteiger partial charge < -0.3 is 0 Å². The van der Waals surface area contributed by atoms with E-state index in [1.54, 1.807) is 13.1 Å². The van der Waals surface area contributed by atoms with Crippen molar-refractivity contribution < 1.29 is 0 Å². The number of nitrogens with zero attached hydrogens (tertiary/aromatic N) is 2. The maximum atomic E-state index is 11.2. The molecule has 0 amide bonds. The average Bonchev–Trinajstić information content (AvgIpc) is 3.00. The molecule has 0 aliphatic heterocycles. The van der Waals surface area contributed by atoms with Crippen molar-refractivity contribution in [3.05, 3.63) is 42.6 Å². The highest BCUT2D eigenvalue weighted by Gasteiger charge is 1.96. The third kappa shape index (κ3) is 7.42. The van der Waals surface area contributed by atoms with E-state index in [-0.39, 0.29) is 11.1 Å². The molecule has 0 saturated carbocycles.